The van der Waals surface area contributed by atoms with Crippen LogP contribution in [0.3, 0.4) is 0 Å². The van der Waals surface area contributed by atoms with Gasteiger partial charge in [0.1, 0.15) is 47.9 Å². The summed E-state index contributed by atoms with van der Waals surface area (Å²) in [5.41, 5.74) is 11.0. The number of carbonyl (C=O) groups excluding carboxylic acids is 1. The van der Waals surface area contributed by atoms with Crippen LogP contribution in [0.25, 0.3) is 11.2 Å². The maximum absolute atomic E-state index is 12.4. The molecule has 2 aliphatic rings. The fourth-order valence-electron chi connectivity index (χ4n) is 4.82. The van der Waals surface area contributed by atoms with Crippen molar-refractivity contribution in [2.45, 2.75) is 49.1 Å². The van der Waals surface area contributed by atoms with Crippen molar-refractivity contribution in [1.29, 1.82) is 0 Å². The molecule has 0 aliphatic carbocycles. The number of pyridine rings is 1. The van der Waals surface area contributed by atoms with E-state index in [9.17, 15) is 53.4 Å². The summed E-state index contributed by atoms with van der Waals surface area (Å²) >= 11 is 0. The Morgan fingerprint density at radius 3 is 2.20 bits per heavy atom. The Morgan fingerprint density at radius 2 is 1.60 bits per heavy atom. The molecule has 24 nitrogen and oxygen atoms in total. The Balaban J connectivity index is 0.00000338. The van der Waals surface area contributed by atoms with Gasteiger partial charge in [-0.1, -0.05) is 0 Å². The molecule has 3 aromatic rings. The van der Waals surface area contributed by atoms with E-state index in [1.165, 1.54) is 29.1 Å². The Bertz CT molecular complexity index is 1820. The average Bonchev–Trinajstić information content (AvgIpc) is 3.64. The van der Waals surface area contributed by atoms with E-state index >= 15 is 0 Å². The molecule has 5 heterocycles. The van der Waals surface area contributed by atoms with Crippen LogP contribution in [0, 0.1) is 0 Å². The minimum Gasteiger partial charge on any atom is -0.756 e. The zero-order valence-corrected chi connectivity index (χ0v) is 32.5. The van der Waals surface area contributed by atoms with Crippen LogP contribution in [0.1, 0.15) is 22.8 Å². The van der Waals surface area contributed by atoms with Crippen LogP contribution in [0.5, 0.6) is 0 Å². The van der Waals surface area contributed by atoms with Gasteiger partial charge in [-0.15, -0.1) is 0 Å². The van der Waals surface area contributed by atoms with Crippen LogP contribution < -0.4 is 84.9 Å². The fourth-order valence-corrected chi connectivity index (χ4v) is 7.38. The van der Waals surface area contributed by atoms with Gasteiger partial charge >= 0.3 is 66.9 Å². The van der Waals surface area contributed by atoms with Crippen molar-refractivity contribution in [3.8, 4) is 0 Å². The average molecular weight is 788 g/mol. The second-order valence-corrected chi connectivity index (χ2v) is 14.4. The number of phosphoric ester groups is 3. The topological polar surface area (TPSA) is 370 Å². The number of hydrogen-bond acceptors (Lipinski definition) is 19. The summed E-state index contributed by atoms with van der Waals surface area (Å²) in [6, 6.07) is 2.76. The molecule has 2 saturated heterocycles. The van der Waals surface area contributed by atoms with Crippen molar-refractivity contribution < 1.29 is 144 Å². The first-order valence-electron chi connectivity index (χ1n) is 13.3. The number of hydrogen-bond donors (Lipinski definition) is 7. The summed E-state index contributed by atoms with van der Waals surface area (Å²) in [4.78, 5) is 66.6. The van der Waals surface area contributed by atoms with Gasteiger partial charge in [0, 0.05) is 6.07 Å². The zero-order chi connectivity index (χ0) is 35.2. The van der Waals surface area contributed by atoms with Crippen molar-refractivity contribution in [3.05, 3.63) is 42.7 Å². The molecule has 0 aromatic carbocycles. The summed E-state index contributed by atoms with van der Waals surface area (Å²) in [7, 11) is -16.9. The van der Waals surface area contributed by atoms with E-state index in [1.807, 2.05) is 0 Å². The van der Waals surface area contributed by atoms with Crippen molar-refractivity contribution in [1.82, 2.24) is 19.5 Å². The number of ether oxygens (including phenoxy) is 2. The van der Waals surface area contributed by atoms with Gasteiger partial charge in [0.25, 0.3) is 27.8 Å². The third kappa shape index (κ3) is 10.2. The number of carbonyl (C=O) groups is 1. The van der Waals surface area contributed by atoms with Crippen LogP contribution in [0.2, 0.25) is 0 Å². The summed E-state index contributed by atoms with van der Waals surface area (Å²) in [5.74, 6) is -0.876. The number of imidazole rings is 1. The molecule has 2 unspecified atom stereocenters. The largest absolute Gasteiger partial charge is 1.00 e. The third-order valence-corrected chi connectivity index (χ3v) is 10.0. The number of rotatable bonds is 13. The van der Waals surface area contributed by atoms with Crippen molar-refractivity contribution in [2.24, 2.45) is 5.73 Å². The van der Waals surface area contributed by atoms with Crippen LogP contribution in [-0.2, 0) is 41.1 Å². The Morgan fingerprint density at radius 1 is 0.980 bits per heavy atom. The Hall–Kier alpha value is -0.860. The van der Waals surface area contributed by atoms with Crippen LogP contribution in [-0.4, -0.2) is 100 Å². The number of aliphatic hydroxyl groups excluding tert-OH is 3. The van der Waals surface area contributed by atoms with Gasteiger partial charge in [-0.05, 0) is 6.07 Å². The first kappa shape index (κ1) is 43.5. The quantitative estimate of drug-likeness (QED) is 0.0480. The van der Waals surface area contributed by atoms with E-state index in [0.29, 0.717) is 0 Å². The number of nitrogens with zero attached hydrogens (tertiary/aromatic N) is 5. The monoisotopic (exact) mass is 788 g/mol. The number of phosphoric acid groups is 3. The summed E-state index contributed by atoms with van der Waals surface area (Å²) < 4.78 is 67.4. The molecule has 264 valence electrons. The molecule has 3 aromatic heterocycles. The summed E-state index contributed by atoms with van der Waals surface area (Å²) in [6.45, 7) is -2.21. The number of primary amides is 1. The van der Waals surface area contributed by atoms with Crippen LogP contribution in [0.4, 0.5) is 5.82 Å². The predicted octanol–water partition coefficient (Wildman–Crippen LogP) is -10.2. The standard InChI is InChI=1S/C21H28N7O17P3.2Na/c22-17-12-19(25-7-24-17)28(8-26-12)21-16(44-46(33,34)35)14(30)11(43-21)6-41-48(38,39)45-47(36,37)40-5-10-13(29)15(31)20(42-10)27-3-1-2-9(4-27)18(23)32;;/h1-4,7-8,10-11,13-16,20-21,29-31H,5-6H2,(H7-,22,23,24,25,32,33,34,35,36,37,38,39);;/q;2*+1/p-1/t10-,11-,13-,14-,15-,16-,20-,21-;;/m1../s1. The van der Waals surface area contributed by atoms with Crippen molar-refractivity contribution >= 4 is 46.4 Å². The van der Waals surface area contributed by atoms with Crippen LogP contribution in [0.15, 0.2) is 37.2 Å². The maximum atomic E-state index is 12.4. The molecule has 50 heavy (non-hydrogen) atoms. The van der Waals surface area contributed by atoms with E-state index in [0.717, 1.165) is 17.2 Å². The number of fused-ring (bicyclic) bond motifs is 1. The first-order chi connectivity index (χ1) is 22.4. The third-order valence-electron chi connectivity index (χ3n) is 6.96. The normalized spacial score (nSPS) is 29.1. The number of anilines is 1. The molecule has 2 fully saturated rings. The van der Waals surface area contributed by atoms with E-state index in [-0.39, 0.29) is 81.7 Å². The number of aromatic nitrogens is 5. The number of amides is 1. The summed E-state index contributed by atoms with van der Waals surface area (Å²) in [5, 5.41) is 31.4. The smallest absolute Gasteiger partial charge is 0.756 e. The van der Waals surface area contributed by atoms with Crippen LogP contribution >= 0.6 is 23.5 Å². The van der Waals surface area contributed by atoms with Gasteiger partial charge in [0.2, 0.25) is 0 Å². The van der Waals surface area contributed by atoms with Gasteiger partial charge in [0.05, 0.1) is 19.5 Å². The molecule has 0 saturated carbocycles. The molecule has 2 aliphatic heterocycles. The molecule has 9 N–H and O–H groups in total. The maximum Gasteiger partial charge on any atom is 1.00 e. The van der Waals surface area contributed by atoms with E-state index < -0.39 is 91.7 Å². The first-order valence-corrected chi connectivity index (χ1v) is 17.8. The number of nitrogen functional groups attached to an aromatic ring is 1. The van der Waals surface area contributed by atoms with Gasteiger partial charge in [-0.2, -0.15) is 4.57 Å². The van der Waals surface area contributed by atoms with Crippen molar-refractivity contribution in [3.63, 3.8) is 0 Å². The Labute approximate surface area is 324 Å². The van der Waals surface area contributed by atoms with Gasteiger partial charge < -0.3 is 64.9 Å². The number of aliphatic hydroxyl groups is 3. The zero-order valence-electron chi connectivity index (χ0n) is 25.9. The molecular formula is C21H27N7Na2O17P3+. The molecule has 0 radical (unpaired) electrons. The summed E-state index contributed by atoms with van der Waals surface area (Å²) in [6.07, 6.45) is -8.80. The molecule has 0 spiro atoms. The number of nitrogens with two attached hydrogens (primary N) is 2. The molecule has 10 atom stereocenters. The van der Waals surface area contributed by atoms with E-state index in [4.69, 9.17) is 20.9 Å². The molecule has 1 amide bonds. The SMILES string of the molecule is NC(=O)c1ccc[n+]([C@@H]2O[C@H](COP(=O)([O-])OP(=O)([O-])OC[C@H]3O[C@@H](n4cnc5c(N)ncnc54)[C@H](OP(=O)(O)O)[C@@H]3O)[C@@H](O)[C@H]2O)c1.[Na+].[Na+]. The molecule has 5 rings (SSSR count). The minimum atomic E-state index is -5.84. The van der Waals surface area contributed by atoms with Gasteiger partial charge in [-0.25, -0.2) is 23.8 Å². The second kappa shape index (κ2) is 17.1. The minimum absolute atomic E-state index is 0. The van der Waals surface area contributed by atoms with Crippen molar-refractivity contribution in [2.75, 3.05) is 18.9 Å². The Kier molecular flexibility index (Phi) is 14.9. The predicted molar refractivity (Wildman–Crippen MR) is 146 cm³/mol. The molecule has 0 bridgehead atoms. The fraction of sp³-hybridized carbons (Fsp3) is 0.476. The molecular weight excluding hydrogens is 761 g/mol. The van der Waals surface area contributed by atoms with Gasteiger partial charge in [0.15, 0.2) is 36.2 Å². The van der Waals surface area contributed by atoms with E-state index in [1.54, 1.807) is 0 Å². The molecule has 29 heteroatoms. The van der Waals surface area contributed by atoms with Gasteiger partial charge in [-0.3, -0.25) is 23.0 Å². The van der Waals surface area contributed by atoms with E-state index in [2.05, 4.69) is 32.8 Å². The second-order valence-electron chi connectivity index (χ2n) is 10.2.